The number of nitrogens with two attached hydrogens (primary N) is 1. The van der Waals surface area contributed by atoms with Gasteiger partial charge in [-0.3, -0.25) is 14.2 Å². The Morgan fingerprint density at radius 2 is 2.04 bits per heavy atom. The molecule has 3 aromatic rings. The second kappa shape index (κ2) is 6.17. The van der Waals surface area contributed by atoms with Crippen LogP contribution < -0.4 is 11.3 Å². The largest absolute Gasteiger partial charge is 0.369 e. The van der Waals surface area contributed by atoms with Gasteiger partial charge in [0.15, 0.2) is 5.16 Å². The quantitative estimate of drug-likeness (QED) is 0.582. The molecule has 0 radical (unpaired) electrons. The monoisotopic (exact) mass is 345 g/mol. The van der Waals surface area contributed by atoms with E-state index in [0.29, 0.717) is 15.4 Å². The molecule has 0 saturated carbocycles. The van der Waals surface area contributed by atoms with Gasteiger partial charge in [-0.2, -0.15) is 0 Å². The molecule has 0 saturated heterocycles. The minimum absolute atomic E-state index is 0.118. The van der Waals surface area contributed by atoms with Crippen molar-refractivity contribution >= 4 is 39.2 Å². The highest BCUT2D eigenvalue weighted by atomic mass is 32.2. The summed E-state index contributed by atoms with van der Waals surface area (Å²) in [6.07, 6.45) is 0. The highest BCUT2D eigenvalue weighted by Crippen LogP contribution is 2.32. The Balaban J connectivity index is 2.11. The van der Waals surface area contributed by atoms with Crippen molar-refractivity contribution in [1.29, 1.82) is 0 Å². The van der Waals surface area contributed by atoms with Gasteiger partial charge in [-0.15, -0.1) is 11.3 Å². The average molecular weight is 345 g/mol. The lowest BCUT2D eigenvalue weighted by Crippen LogP contribution is -2.25. The van der Waals surface area contributed by atoms with Crippen LogP contribution in [0.5, 0.6) is 0 Å². The van der Waals surface area contributed by atoms with Gasteiger partial charge < -0.3 is 5.73 Å². The smallest absolute Gasteiger partial charge is 0.262 e. The first-order valence-electron chi connectivity index (χ1n) is 6.99. The molecule has 1 unspecified atom stereocenters. The number of primary amides is 1. The lowest BCUT2D eigenvalue weighted by atomic mass is 10.2. The Morgan fingerprint density at radius 3 is 2.70 bits per heavy atom. The van der Waals surface area contributed by atoms with Crippen LogP contribution >= 0.6 is 23.1 Å². The molecule has 1 atom stereocenters. The van der Waals surface area contributed by atoms with Crippen molar-refractivity contribution < 1.29 is 4.79 Å². The summed E-state index contributed by atoms with van der Waals surface area (Å²) in [4.78, 5) is 30.0. The summed E-state index contributed by atoms with van der Waals surface area (Å²) in [5.74, 6) is -0.430. The molecule has 2 heterocycles. The molecule has 0 fully saturated rings. The minimum Gasteiger partial charge on any atom is -0.369 e. The van der Waals surface area contributed by atoms with Crippen molar-refractivity contribution in [2.75, 3.05) is 0 Å². The molecule has 5 nitrogen and oxygen atoms in total. The van der Waals surface area contributed by atoms with Crippen molar-refractivity contribution in [2.45, 2.75) is 17.3 Å². The number of aromatic nitrogens is 2. The van der Waals surface area contributed by atoms with Crippen LogP contribution in [0.2, 0.25) is 0 Å². The topological polar surface area (TPSA) is 78.0 Å². The van der Waals surface area contributed by atoms with Gasteiger partial charge in [0.1, 0.15) is 4.83 Å². The van der Waals surface area contributed by atoms with Crippen LogP contribution in [0.4, 0.5) is 0 Å². The zero-order chi connectivity index (χ0) is 16.6. The van der Waals surface area contributed by atoms with E-state index >= 15 is 0 Å². The van der Waals surface area contributed by atoms with Crippen LogP contribution in [0.15, 0.2) is 46.3 Å². The number of carbonyl (C=O) groups is 1. The molecule has 23 heavy (non-hydrogen) atoms. The van der Waals surface area contributed by atoms with Crippen molar-refractivity contribution in [3.05, 3.63) is 46.8 Å². The second-order valence-corrected chi connectivity index (χ2v) is 7.46. The van der Waals surface area contributed by atoms with Gasteiger partial charge in [-0.05, 0) is 18.6 Å². The van der Waals surface area contributed by atoms with E-state index in [9.17, 15) is 9.59 Å². The van der Waals surface area contributed by atoms with Gasteiger partial charge in [0.2, 0.25) is 5.91 Å². The first-order chi connectivity index (χ1) is 11.0. The highest BCUT2D eigenvalue weighted by molar-refractivity contribution is 8.00. The van der Waals surface area contributed by atoms with E-state index in [1.54, 1.807) is 14.0 Å². The molecule has 118 valence electrons. The SMILES string of the molecule is CC(Sc1nc2sc(-c3ccccc3)cc2c(=O)n1C)C(N)=O. The Bertz CT molecular complexity index is 932. The van der Waals surface area contributed by atoms with Gasteiger partial charge in [-0.1, -0.05) is 42.1 Å². The molecule has 0 aliphatic carbocycles. The van der Waals surface area contributed by atoms with E-state index in [2.05, 4.69) is 4.98 Å². The van der Waals surface area contributed by atoms with Gasteiger partial charge in [0.05, 0.1) is 10.6 Å². The van der Waals surface area contributed by atoms with E-state index < -0.39 is 11.2 Å². The predicted octanol–water partition coefficient (Wildman–Crippen LogP) is 2.63. The molecule has 7 heteroatoms. The van der Waals surface area contributed by atoms with Crippen molar-refractivity contribution in [1.82, 2.24) is 9.55 Å². The van der Waals surface area contributed by atoms with E-state index in [1.165, 1.54) is 27.7 Å². The van der Waals surface area contributed by atoms with E-state index in [1.807, 2.05) is 36.4 Å². The van der Waals surface area contributed by atoms with E-state index in [4.69, 9.17) is 5.73 Å². The molecular weight excluding hydrogens is 330 g/mol. The summed E-state index contributed by atoms with van der Waals surface area (Å²) in [6, 6.07) is 11.7. The molecule has 0 bridgehead atoms. The second-order valence-electron chi connectivity index (χ2n) is 5.12. The molecule has 0 aliphatic heterocycles. The first kappa shape index (κ1) is 15.8. The third-order valence-corrected chi connectivity index (χ3v) is 5.71. The third-order valence-electron chi connectivity index (χ3n) is 3.47. The van der Waals surface area contributed by atoms with Crippen molar-refractivity contribution in [2.24, 2.45) is 12.8 Å². The predicted molar refractivity (Wildman–Crippen MR) is 94.8 cm³/mol. The highest BCUT2D eigenvalue weighted by Gasteiger charge is 2.17. The standard InChI is InChI=1S/C16H15N3O2S2/c1-9(13(17)20)22-16-18-14-11(15(21)19(16)2)8-12(23-14)10-6-4-3-5-7-10/h3-9H,1-2H3,(H2,17,20). The summed E-state index contributed by atoms with van der Waals surface area (Å²) < 4.78 is 1.47. The van der Waals surface area contributed by atoms with Crippen molar-refractivity contribution in [3.8, 4) is 10.4 Å². The molecule has 0 aliphatic rings. The minimum atomic E-state index is -0.445. The Kier molecular flexibility index (Phi) is 4.23. The fourth-order valence-corrected chi connectivity index (χ4v) is 4.02. The number of hydrogen-bond acceptors (Lipinski definition) is 5. The van der Waals surface area contributed by atoms with Gasteiger partial charge in [-0.25, -0.2) is 4.98 Å². The van der Waals surface area contributed by atoms with E-state index in [-0.39, 0.29) is 5.56 Å². The Morgan fingerprint density at radius 1 is 1.35 bits per heavy atom. The summed E-state index contributed by atoms with van der Waals surface area (Å²) in [5.41, 5.74) is 6.23. The molecule has 1 aromatic carbocycles. The summed E-state index contributed by atoms with van der Waals surface area (Å²) in [6.45, 7) is 1.70. The van der Waals surface area contributed by atoms with Crippen LogP contribution in [-0.4, -0.2) is 20.7 Å². The van der Waals surface area contributed by atoms with Gasteiger partial charge in [0.25, 0.3) is 5.56 Å². The van der Waals surface area contributed by atoms with Crippen LogP contribution in [-0.2, 0) is 11.8 Å². The number of fused-ring (bicyclic) bond motifs is 1. The summed E-state index contributed by atoms with van der Waals surface area (Å²) >= 11 is 2.67. The fourth-order valence-electron chi connectivity index (χ4n) is 2.11. The number of thioether (sulfide) groups is 1. The number of rotatable bonds is 4. The number of carbonyl (C=O) groups excluding carboxylic acids is 1. The molecule has 3 rings (SSSR count). The van der Waals surface area contributed by atoms with Crippen LogP contribution in [0, 0.1) is 0 Å². The number of nitrogens with zero attached hydrogens (tertiary/aromatic N) is 2. The van der Waals surface area contributed by atoms with Gasteiger partial charge in [0, 0.05) is 11.9 Å². The maximum Gasteiger partial charge on any atom is 0.262 e. The van der Waals surface area contributed by atoms with Crippen LogP contribution in [0.3, 0.4) is 0 Å². The maximum atomic E-state index is 12.5. The lowest BCUT2D eigenvalue weighted by molar-refractivity contribution is -0.117. The third kappa shape index (κ3) is 3.02. The number of amides is 1. The molecule has 2 aromatic heterocycles. The summed E-state index contributed by atoms with van der Waals surface area (Å²) in [5, 5.41) is 0.641. The van der Waals surface area contributed by atoms with Gasteiger partial charge >= 0.3 is 0 Å². The van der Waals surface area contributed by atoms with Crippen LogP contribution in [0.25, 0.3) is 20.7 Å². The maximum absolute atomic E-state index is 12.5. The fraction of sp³-hybridized carbons (Fsp3) is 0.188. The number of benzene rings is 1. The molecular formula is C16H15N3O2S2. The lowest BCUT2D eigenvalue weighted by Gasteiger charge is -2.09. The van der Waals surface area contributed by atoms with Crippen molar-refractivity contribution in [3.63, 3.8) is 0 Å². The molecule has 0 spiro atoms. The van der Waals surface area contributed by atoms with Crippen LogP contribution in [0.1, 0.15) is 6.92 Å². The Labute approximate surface area is 141 Å². The molecule has 1 amide bonds. The normalized spacial score (nSPS) is 12.4. The Hall–Kier alpha value is -2.12. The number of hydrogen-bond donors (Lipinski definition) is 1. The zero-order valence-corrected chi connectivity index (χ0v) is 14.3. The zero-order valence-electron chi connectivity index (χ0n) is 12.6. The average Bonchev–Trinajstić information content (AvgIpc) is 2.97. The number of thiophene rings is 1. The van der Waals surface area contributed by atoms with E-state index in [0.717, 1.165) is 10.4 Å². The molecule has 2 N–H and O–H groups in total. The summed E-state index contributed by atoms with van der Waals surface area (Å²) in [7, 11) is 1.66. The first-order valence-corrected chi connectivity index (χ1v) is 8.69.